The lowest BCUT2D eigenvalue weighted by Gasteiger charge is -2.29. The van der Waals surface area contributed by atoms with Crippen LogP contribution in [-0.2, 0) is 18.4 Å². The Morgan fingerprint density at radius 2 is 0.705 bits per heavy atom. The van der Waals surface area contributed by atoms with E-state index in [4.69, 9.17) is 9.05 Å². The number of amides is 1. The topological polar surface area (TPSA) is 108 Å². The van der Waals surface area contributed by atoms with Crippen LogP contribution < -0.4 is 10.2 Å². The Morgan fingerprint density at radius 3 is 1.06 bits per heavy atom. The number of hydrogen-bond donors (Lipinski definition) is 2. The molecule has 510 valence electrons. The number of aliphatic hydroxyl groups excluding tert-OH is 1. The van der Waals surface area contributed by atoms with Crippen LogP contribution >= 0.6 is 7.82 Å². The second kappa shape index (κ2) is 68.5. The fourth-order valence-electron chi connectivity index (χ4n) is 10.7. The number of nitrogens with zero attached hydrogens (tertiary/aromatic N) is 1. The molecular formula is C79H143N2O6P. The number of phosphoric acid groups is 1. The second-order valence-electron chi connectivity index (χ2n) is 26.3. The molecule has 0 rings (SSSR count). The molecule has 3 atom stereocenters. The maximum Gasteiger partial charge on any atom is 0.268 e. The number of hydrogen-bond acceptors (Lipinski definition) is 6. The molecule has 1 amide bonds. The Hall–Kier alpha value is -2.84. The van der Waals surface area contributed by atoms with Crippen molar-refractivity contribution in [1.29, 1.82) is 0 Å². The highest BCUT2D eigenvalue weighted by Gasteiger charge is 2.23. The van der Waals surface area contributed by atoms with E-state index < -0.39 is 26.6 Å². The fourth-order valence-corrected chi connectivity index (χ4v) is 11.5. The van der Waals surface area contributed by atoms with Crippen molar-refractivity contribution in [3.63, 3.8) is 0 Å². The first-order chi connectivity index (χ1) is 43.0. The van der Waals surface area contributed by atoms with Gasteiger partial charge < -0.3 is 28.8 Å². The smallest absolute Gasteiger partial charge is 0.268 e. The summed E-state index contributed by atoms with van der Waals surface area (Å²) >= 11 is 0. The van der Waals surface area contributed by atoms with E-state index in [-0.39, 0.29) is 12.5 Å². The van der Waals surface area contributed by atoms with Gasteiger partial charge >= 0.3 is 0 Å². The third-order valence-electron chi connectivity index (χ3n) is 16.5. The Kier molecular flexibility index (Phi) is 66.3. The van der Waals surface area contributed by atoms with Gasteiger partial charge in [0.25, 0.3) is 7.82 Å². The molecule has 0 bridgehead atoms. The number of unbranched alkanes of at least 4 members (excludes halogenated alkanes) is 39. The number of carbonyl (C=O) groups is 1. The van der Waals surface area contributed by atoms with Crippen molar-refractivity contribution in [2.45, 2.75) is 347 Å². The minimum Gasteiger partial charge on any atom is -0.756 e. The quantitative estimate of drug-likeness (QED) is 0.0272. The predicted molar refractivity (Wildman–Crippen MR) is 385 cm³/mol. The van der Waals surface area contributed by atoms with Crippen LogP contribution in [0.5, 0.6) is 0 Å². The van der Waals surface area contributed by atoms with Gasteiger partial charge in [-0.05, 0) is 89.9 Å². The van der Waals surface area contributed by atoms with Crippen molar-refractivity contribution >= 4 is 13.7 Å². The number of phosphoric ester groups is 1. The highest BCUT2D eigenvalue weighted by atomic mass is 31.2. The third kappa shape index (κ3) is 70.6. The molecule has 0 saturated carbocycles. The molecule has 0 aromatic rings. The number of rotatable bonds is 68. The summed E-state index contributed by atoms with van der Waals surface area (Å²) < 4.78 is 23.5. The molecule has 3 unspecified atom stereocenters. The molecule has 0 saturated heterocycles. The first-order valence-corrected chi connectivity index (χ1v) is 38.7. The van der Waals surface area contributed by atoms with E-state index in [0.29, 0.717) is 17.4 Å². The Morgan fingerprint density at radius 1 is 0.409 bits per heavy atom. The van der Waals surface area contributed by atoms with Crippen LogP contribution in [0.25, 0.3) is 0 Å². The maximum atomic E-state index is 13.1. The summed E-state index contributed by atoms with van der Waals surface area (Å²) in [5, 5.41) is 14.0. The van der Waals surface area contributed by atoms with Crippen LogP contribution in [0.1, 0.15) is 335 Å². The summed E-state index contributed by atoms with van der Waals surface area (Å²) in [6, 6.07) is -0.910. The van der Waals surface area contributed by atoms with Gasteiger partial charge in [0.1, 0.15) is 13.2 Å². The molecular weight excluding hydrogens is 1100 g/mol. The zero-order valence-electron chi connectivity index (χ0n) is 58.4. The van der Waals surface area contributed by atoms with E-state index in [9.17, 15) is 19.4 Å². The van der Waals surface area contributed by atoms with Crippen LogP contribution in [0.3, 0.4) is 0 Å². The second-order valence-corrected chi connectivity index (χ2v) is 27.7. The Labute approximate surface area is 546 Å². The van der Waals surface area contributed by atoms with Crippen LogP contribution in [0.2, 0.25) is 0 Å². The first kappa shape index (κ1) is 85.2. The largest absolute Gasteiger partial charge is 0.756 e. The third-order valence-corrected chi connectivity index (χ3v) is 17.4. The van der Waals surface area contributed by atoms with E-state index in [0.717, 1.165) is 83.5 Å². The van der Waals surface area contributed by atoms with Crippen molar-refractivity contribution in [2.24, 2.45) is 0 Å². The lowest BCUT2D eigenvalue weighted by molar-refractivity contribution is -0.870. The molecule has 8 nitrogen and oxygen atoms in total. The van der Waals surface area contributed by atoms with Crippen molar-refractivity contribution in [2.75, 3.05) is 40.9 Å². The van der Waals surface area contributed by atoms with E-state index >= 15 is 0 Å². The zero-order chi connectivity index (χ0) is 64.1. The summed E-state index contributed by atoms with van der Waals surface area (Å²) in [7, 11) is 1.25. The number of allylic oxidation sites excluding steroid dienone is 17. The summed E-state index contributed by atoms with van der Waals surface area (Å²) in [5.41, 5.74) is 0. The van der Waals surface area contributed by atoms with Crippen LogP contribution in [0, 0.1) is 0 Å². The zero-order valence-corrected chi connectivity index (χ0v) is 59.3. The number of likely N-dealkylation sites (N-methyl/N-ethyl adjacent to an activating group) is 1. The standard InChI is InChI=1S/C79H143N2O6P/c1-6-8-10-12-14-16-18-20-22-24-26-28-30-32-34-35-36-37-38-39-40-41-42-43-44-45-47-49-51-53-55-57-59-61-63-65-67-69-71-73-79(83)80-77(76-87-88(84,85)86-75-74-81(3,4)5)78(82)72-70-68-66-64-62-60-58-56-54-52-50-48-46-33-31-29-27-25-23-21-19-17-15-13-11-9-7-2/h8,10,14,16,20,22,26,28,32,34,36-37,39-40,62,64,70,72,77-78,82H,6-7,9,11-13,15,17-19,21,23-25,27,29-31,33,35,38,41-61,63,65-69,71,73-76H2,1-5H3,(H-,80,83,84,85)/b10-8-,16-14-,22-20-,28-26-,34-32-,37-36-,40-39-,64-62+,72-70+. The average Bonchev–Trinajstić information content (AvgIpc) is 3.70. The summed E-state index contributed by atoms with van der Waals surface area (Å²) in [6.07, 6.45) is 101. The molecule has 0 radical (unpaired) electrons. The van der Waals surface area contributed by atoms with Crippen molar-refractivity contribution in [3.05, 3.63) is 109 Å². The Balaban J connectivity index is 4.05. The van der Waals surface area contributed by atoms with E-state index in [1.807, 2.05) is 27.2 Å². The average molecular weight is 1250 g/mol. The van der Waals surface area contributed by atoms with E-state index in [1.165, 1.54) is 231 Å². The summed E-state index contributed by atoms with van der Waals surface area (Å²) in [4.78, 5) is 25.7. The van der Waals surface area contributed by atoms with Crippen LogP contribution in [0.15, 0.2) is 109 Å². The summed E-state index contributed by atoms with van der Waals surface area (Å²) in [6.45, 7) is 4.55. The molecule has 0 aliphatic rings. The minimum absolute atomic E-state index is 0.00869. The SMILES string of the molecule is CC/C=C\C/C=C\C/C=C\C/C=C\C/C=C\C/C=C\C/C=C\CCCCCCCCCCCCCCCCCCCC(=O)NC(COP(=O)([O-])OCC[N+](C)(C)C)C(O)/C=C/CC/C=C/CCCCCCCCCCCCCCCCCCCCCCC. The molecule has 0 aliphatic carbocycles. The van der Waals surface area contributed by atoms with Gasteiger partial charge in [-0.3, -0.25) is 9.36 Å². The van der Waals surface area contributed by atoms with Crippen LogP contribution in [0.4, 0.5) is 0 Å². The van der Waals surface area contributed by atoms with Gasteiger partial charge in [-0.15, -0.1) is 0 Å². The molecule has 0 aliphatic heterocycles. The first-order valence-electron chi connectivity index (χ1n) is 37.2. The molecule has 0 spiro atoms. The Bertz CT molecular complexity index is 1810. The molecule has 9 heteroatoms. The van der Waals surface area contributed by atoms with Gasteiger partial charge in [-0.1, -0.05) is 348 Å². The lowest BCUT2D eigenvalue weighted by Crippen LogP contribution is -2.45. The maximum absolute atomic E-state index is 13.1. The van der Waals surface area contributed by atoms with Crippen LogP contribution in [-0.4, -0.2) is 68.5 Å². The molecule has 0 aromatic heterocycles. The van der Waals surface area contributed by atoms with Crippen molar-refractivity contribution in [3.8, 4) is 0 Å². The molecule has 88 heavy (non-hydrogen) atoms. The van der Waals surface area contributed by atoms with Crippen molar-refractivity contribution < 1.29 is 32.9 Å². The lowest BCUT2D eigenvalue weighted by atomic mass is 10.0. The molecule has 0 fully saturated rings. The molecule has 2 N–H and O–H groups in total. The van der Waals surface area contributed by atoms with E-state index in [1.54, 1.807) is 6.08 Å². The van der Waals surface area contributed by atoms with Crippen molar-refractivity contribution in [1.82, 2.24) is 5.32 Å². The number of aliphatic hydroxyl groups is 1. The van der Waals surface area contributed by atoms with Gasteiger partial charge in [0.2, 0.25) is 5.91 Å². The number of nitrogens with one attached hydrogen (secondary N) is 1. The summed E-state index contributed by atoms with van der Waals surface area (Å²) in [5.74, 6) is -0.205. The monoisotopic (exact) mass is 1250 g/mol. The van der Waals surface area contributed by atoms with Gasteiger partial charge in [0.05, 0.1) is 39.9 Å². The number of carbonyl (C=O) groups excluding carboxylic acids is 1. The fraction of sp³-hybridized carbons (Fsp3) is 0.759. The van der Waals surface area contributed by atoms with Gasteiger partial charge in [-0.2, -0.15) is 0 Å². The highest BCUT2D eigenvalue weighted by molar-refractivity contribution is 7.45. The van der Waals surface area contributed by atoms with Gasteiger partial charge in [-0.25, -0.2) is 0 Å². The van der Waals surface area contributed by atoms with Gasteiger partial charge in [0, 0.05) is 6.42 Å². The highest BCUT2D eigenvalue weighted by Crippen LogP contribution is 2.38. The van der Waals surface area contributed by atoms with E-state index in [2.05, 4.69) is 116 Å². The van der Waals surface area contributed by atoms with Gasteiger partial charge in [0.15, 0.2) is 0 Å². The number of quaternary nitrogens is 1. The molecule has 0 heterocycles. The normalized spacial score (nSPS) is 14.2. The minimum atomic E-state index is -4.62. The predicted octanol–water partition coefficient (Wildman–Crippen LogP) is 23.6. The molecule has 0 aromatic carbocycles.